The van der Waals surface area contributed by atoms with Crippen LogP contribution in [0.25, 0.3) is 0 Å². The largest absolute Gasteiger partial charge is 0.469 e. The molecular weight excluding hydrogens is 192 g/mol. The van der Waals surface area contributed by atoms with Gasteiger partial charge in [0.25, 0.3) is 0 Å². The third-order valence-corrected chi connectivity index (χ3v) is 3.12. The Morgan fingerprint density at radius 2 is 2.07 bits per heavy atom. The van der Waals surface area contributed by atoms with Crippen LogP contribution in [-0.2, 0) is 9.53 Å². The Kier molecular flexibility index (Phi) is 3.73. The maximum Gasteiger partial charge on any atom is 0.311 e. The van der Waals surface area contributed by atoms with Crippen molar-refractivity contribution in [2.45, 2.75) is 38.8 Å². The maximum atomic E-state index is 11.5. The maximum absolute atomic E-state index is 11.5. The van der Waals surface area contributed by atoms with Crippen molar-refractivity contribution in [3.05, 3.63) is 0 Å². The number of ether oxygens (including phenoxy) is 1. The van der Waals surface area contributed by atoms with Crippen LogP contribution in [0.4, 0.5) is 0 Å². The van der Waals surface area contributed by atoms with Crippen molar-refractivity contribution in [2.75, 3.05) is 20.2 Å². The standard InChI is InChI=1S/C11H22N2O2/c1-11(2,3)13-6-5-9(12)8(7-13)10(14)15-4/h8-9H,5-7,12H2,1-4H3/t8-,9+/m1/s1. The monoisotopic (exact) mass is 214 g/mol. The molecule has 1 fully saturated rings. The molecule has 1 rings (SSSR count). The number of hydrogen-bond acceptors (Lipinski definition) is 4. The van der Waals surface area contributed by atoms with Crippen LogP contribution in [0.1, 0.15) is 27.2 Å². The van der Waals surface area contributed by atoms with Crippen LogP contribution >= 0.6 is 0 Å². The highest BCUT2D eigenvalue weighted by atomic mass is 16.5. The summed E-state index contributed by atoms with van der Waals surface area (Å²) in [4.78, 5) is 13.8. The minimum absolute atomic E-state index is 0.0592. The van der Waals surface area contributed by atoms with Crippen molar-refractivity contribution in [1.29, 1.82) is 0 Å². The number of methoxy groups -OCH3 is 1. The van der Waals surface area contributed by atoms with E-state index in [0.29, 0.717) is 6.54 Å². The first-order valence-corrected chi connectivity index (χ1v) is 5.44. The summed E-state index contributed by atoms with van der Waals surface area (Å²) in [5.74, 6) is -0.362. The van der Waals surface area contributed by atoms with E-state index in [1.54, 1.807) is 0 Å². The predicted molar refractivity (Wildman–Crippen MR) is 59.4 cm³/mol. The number of hydrogen-bond donors (Lipinski definition) is 1. The van der Waals surface area contributed by atoms with Crippen molar-refractivity contribution in [1.82, 2.24) is 4.90 Å². The van der Waals surface area contributed by atoms with Gasteiger partial charge in [0, 0.05) is 24.7 Å². The zero-order valence-corrected chi connectivity index (χ0v) is 10.1. The fourth-order valence-electron chi connectivity index (χ4n) is 1.98. The van der Waals surface area contributed by atoms with Crippen molar-refractivity contribution < 1.29 is 9.53 Å². The Bertz CT molecular complexity index is 235. The van der Waals surface area contributed by atoms with Crippen molar-refractivity contribution in [3.8, 4) is 0 Å². The molecule has 4 nitrogen and oxygen atoms in total. The van der Waals surface area contributed by atoms with Gasteiger partial charge in [-0.05, 0) is 27.2 Å². The van der Waals surface area contributed by atoms with E-state index in [-0.39, 0.29) is 23.5 Å². The number of esters is 1. The van der Waals surface area contributed by atoms with Crippen molar-refractivity contribution in [2.24, 2.45) is 11.7 Å². The molecular formula is C11H22N2O2. The molecule has 0 bridgehead atoms. The van der Waals surface area contributed by atoms with Crippen LogP contribution < -0.4 is 5.73 Å². The highest BCUT2D eigenvalue weighted by molar-refractivity contribution is 5.73. The van der Waals surface area contributed by atoms with Crippen molar-refractivity contribution in [3.63, 3.8) is 0 Å². The smallest absolute Gasteiger partial charge is 0.311 e. The van der Waals surface area contributed by atoms with E-state index in [0.717, 1.165) is 13.0 Å². The molecule has 1 aliphatic heterocycles. The van der Waals surface area contributed by atoms with Crippen LogP contribution in [0.5, 0.6) is 0 Å². The summed E-state index contributed by atoms with van der Waals surface area (Å²) < 4.78 is 4.78. The summed E-state index contributed by atoms with van der Waals surface area (Å²) in [6.45, 7) is 8.12. The summed E-state index contributed by atoms with van der Waals surface area (Å²) in [5.41, 5.74) is 6.02. The van der Waals surface area contributed by atoms with Gasteiger partial charge < -0.3 is 10.5 Å². The molecule has 0 spiro atoms. The molecule has 2 atom stereocenters. The quantitative estimate of drug-likeness (QED) is 0.650. The molecule has 0 amide bonds. The molecule has 0 aromatic heterocycles. The van der Waals surface area contributed by atoms with E-state index in [1.807, 2.05) is 0 Å². The first-order valence-electron chi connectivity index (χ1n) is 5.44. The highest BCUT2D eigenvalue weighted by Gasteiger charge is 2.36. The van der Waals surface area contributed by atoms with Gasteiger partial charge in [0.2, 0.25) is 0 Å². The highest BCUT2D eigenvalue weighted by Crippen LogP contribution is 2.23. The summed E-state index contributed by atoms with van der Waals surface area (Å²) in [7, 11) is 1.42. The number of likely N-dealkylation sites (tertiary alicyclic amines) is 1. The molecule has 0 aliphatic carbocycles. The summed E-state index contributed by atoms with van der Waals surface area (Å²) >= 11 is 0. The number of nitrogens with zero attached hydrogens (tertiary/aromatic N) is 1. The second-order valence-corrected chi connectivity index (χ2v) is 5.20. The fraction of sp³-hybridized carbons (Fsp3) is 0.909. The summed E-state index contributed by atoms with van der Waals surface area (Å²) in [6, 6.07) is -0.0592. The van der Waals surface area contributed by atoms with E-state index in [2.05, 4.69) is 25.7 Å². The minimum atomic E-state index is -0.184. The molecule has 0 aromatic carbocycles. The predicted octanol–water partition coefficient (Wildman–Crippen LogP) is 0.607. The number of carbonyl (C=O) groups excluding carboxylic acids is 1. The molecule has 1 heterocycles. The lowest BCUT2D eigenvalue weighted by atomic mass is 9.89. The van der Waals surface area contributed by atoms with E-state index >= 15 is 0 Å². The Morgan fingerprint density at radius 1 is 1.47 bits per heavy atom. The topological polar surface area (TPSA) is 55.6 Å². The first kappa shape index (κ1) is 12.5. The van der Waals surface area contributed by atoms with Crippen LogP contribution in [0.3, 0.4) is 0 Å². The normalized spacial score (nSPS) is 28.9. The third kappa shape index (κ3) is 2.92. The van der Waals surface area contributed by atoms with Gasteiger partial charge in [-0.25, -0.2) is 0 Å². The molecule has 0 aromatic rings. The average molecular weight is 214 g/mol. The number of nitrogens with two attached hydrogens (primary N) is 1. The second kappa shape index (κ2) is 4.49. The zero-order chi connectivity index (χ0) is 11.6. The van der Waals surface area contributed by atoms with Gasteiger partial charge in [-0.2, -0.15) is 0 Å². The molecule has 1 saturated heterocycles. The van der Waals surface area contributed by atoms with Gasteiger partial charge >= 0.3 is 5.97 Å². The lowest BCUT2D eigenvalue weighted by Gasteiger charge is -2.42. The molecule has 88 valence electrons. The van der Waals surface area contributed by atoms with E-state index in [4.69, 9.17) is 10.5 Å². The lowest BCUT2D eigenvalue weighted by molar-refractivity contribution is -0.148. The SMILES string of the molecule is COC(=O)[C@@H]1CN(C(C)(C)C)CC[C@@H]1N. The van der Waals surface area contributed by atoms with Gasteiger partial charge in [0.15, 0.2) is 0 Å². The number of piperidine rings is 1. The molecule has 1 aliphatic rings. The molecule has 0 saturated carbocycles. The second-order valence-electron chi connectivity index (χ2n) is 5.20. The summed E-state index contributed by atoms with van der Waals surface area (Å²) in [6.07, 6.45) is 0.858. The van der Waals surface area contributed by atoms with Gasteiger partial charge in [-0.3, -0.25) is 9.69 Å². The van der Waals surface area contributed by atoms with E-state index in [1.165, 1.54) is 7.11 Å². The molecule has 2 N–H and O–H groups in total. The Hall–Kier alpha value is -0.610. The van der Waals surface area contributed by atoms with Crippen molar-refractivity contribution >= 4 is 5.97 Å². The summed E-state index contributed by atoms with van der Waals surface area (Å²) in [5, 5.41) is 0. The van der Waals surface area contributed by atoms with E-state index in [9.17, 15) is 4.79 Å². The molecule has 0 radical (unpaired) electrons. The Balaban J connectivity index is 2.68. The third-order valence-electron chi connectivity index (χ3n) is 3.12. The molecule has 15 heavy (non-hydrogen) atoms. The minimum Gasteiger partial charge on any atom is -0.469 e. The van der Waals surface area contributed by atoms with Crippen LogP contribution in [0.15, 0.2) is 0 Å². The molecule has 0 unspecified atom stereocenters. The van der Waals surface area contributed by atoms with Crippen LogP contribution in [0.2, 0.25) is 0 Å². The Morgan fingerprint density at radius 3 is 2.53 bits per heavy atom. The van der Waals surface area contributed by atoms with Gasteiger partial charge in [0.1, 0.15) is 0 Å². The average Bonchev–Trinajstić information content (AvgIpc) is 2.15. The number of rotatable bonds is 1. The van der Waals surface area contributed by atoms with Gasteiger partial charge in [-0.1, -0.05) is 0 Å². The van der Waals surface area contributed by atoms with E-state index < -0.39 is 0 Å². The van der Waals surface area contributed by atoms with Crippen LogP contribution in [-0.4, -0.2) is 42.6 Å². The van der Waals surface area contributed by atoms with Crippen LogP contribution in [0, 0.1) is 5.92 Å². The van der Waals surface area contributed by atoms with Gasteiger partial charge in [-0.15, -0.1) is 0 Å². The first-order chi connectivity index (χ1) is 6.86. The number of carbonyl (C=O) groups is 1. The molecule has 4 heteroatoms. The van der Waals surface area contributed by atoms with Gasteiger partial charge in [0.05, 0.1) is 13.0 Å². The Labute approximate surface area is 91.8 Å². The zero-order valence-electron chi connectivity index (χ0n) is 10.1. The lowest BCUT2D eigenvalue weighted by Crippen LogP contribution is -2.55. The fourth-order valence-corrected chi connectivity index (χ4v) is 1.98.